The summed E-state index contributed by atoms with van der Waals surface area (Å²) in [6.45, 7) is 5.11. The SMILES string of the molecule is CCCCN1CCCC1COc1ccc(C(=O)c2c(-c3ccc(F)cc3)sc3cc(F)ccc23)cc1. The third-order valence-corrected chi connectivity index (χ3v) is 8.04. The van der Waals surface area contributed by atoms with Gasteiger partial charge < -0.3 is 4.74 Å². The van der Waals surface area contributed by atoms with Crippen LogP contribution in [0.4, 0.5) is 8.78 Å². The summed E-state index contributed by atoms with van der Waals surface area (Å²) in [7, 11) is 0. The van der Waals surface area contributed by atoms with Gasteiger partial charge in [0.25, 0.3) is 0 Å². The monoisotopic (exact) mass is 505 g/mol. The summed E-state index contributed by atoms with van der Waals surface area (Å²) in [5.74, 6) is -0.115. The Labute approximate surface area is 214 Å². The average molecular weight is 506 g/mol. The highest BCUT2D eigenvalue weighted by Gasteiger charge is 2.25. The number of carbonyl (C=O) groups is 1. The van der Waals surface area contributed by atoms with Gasteiger partial charge in [-0.05, 0) is 92.5 Å². The fourth-order valence-corrected chi connectivity index (χ4v) is 6.11. The molecule has 0 saturated carbocycles. The first-order valence-electron chi connectivity index (χ1n) is 12.5. The molecule has 1 aliphatic rings. The Kier molecular flexibility index (Phi) is 7.44. The van der Waals surface area contributed by atoms with Crippen molar-refractivity contribution in [2.75, 3.05) is 19.7 Å². The van der Waals surface area contributed by atoms with Crippen LogP contribution in [0.3, 0.4) is 0 Å². The molecule has 1 fully saturated rings. The van der Waals surface area contributed by atoms with Crippen LogP contribution in [-0.2, 0) is 0 Å². The predicted octanol–water partition coefficient (Wildman–Crippen LogP) is 7.72. The minimum Gasteiger partial charge on any atom is -0.492 e. The smallest absolute Gasteiger partial charge is 0.195 e. The number of nitrogens with zero attached hydrogens (tertiary/aromatic N) is 1. The summed E-state index contributed by atoms with van der Waals surface area (Å²) in [4.78, 5) is 16.9. The zero-order valence-corrected chi connectivity index (χ0v) is 21.1. The first-order chi connectivity index (χ1) is 17.5. The normalized spacial score (nSPS) is 16.0. The summed E-state index contributed by atoms with van der Waals surface area (Å²) >= 11 is 1.34. The van der Waals surface area contributed by atoms with Gasteiger partial charge in [0.15, 0.2) is 5.78 Å². The van der Waals surface area contributed by atoms with Crippen molar-refractivity contribution < 1.29 is 18.3 Å². The summed E-state index contributed by atoms with van der Waals surface area (Å²) in [6.07, 6.45) is 4.76. The quantitative estimate of drug-likeness (QED) is 0.218. The van der Waals surface area contributed by atoms with Crippen LogP contribution >= 0.6 is 11.3 Å². The minimum absolute atomic E-state index is 0.153. The summed E-state index contributed by atoms with van der Waals surface area (Å²) in [6, 6.07) is 18.2. The van der Waals surface area contributed by atoms with Gasteiger partial charge in [-0.3, -0.25) is 9.69 Å². The van der Waals surface area contributed by atoms with Crippen LogP contribution in [0.25, 0.3) is 20.5 Å². The molecule has 1 unspecified atom stereocenters. The second kappa shape index (κ2) is 10.9. The van der Waals surface area contributed by atoms with E-state index < -0.39 is 0 Å². The predicted molar refractivity (Wildman–Crippen MR) is 142 cm³/mol. The topological polar surface area (TPSA) is 29.5 Å². The third kappa shape index (κ3) is 5.20. The minimum atomic E-state index is -0.356. The molecule has 0 aliphatic carbocycles. The molecule has 3 aromatic carbocycles. The number of ketones is 1. The third-order valence-electron chi connectivity index (χ3n) is 6.84. The van der Waals surface area contributed by atoms with Crippen molar-refractivity contribution in [1.29, 1.82) is 0 Å². The van der Waals surface area contributed by atoms with Gasteiger partial charge in [0.05, 0.1) is 0 Å². The molecule has 0 spiro atoms. The molecule has 6 heteroatoms. The molecule has 0 N–H and O–H groups in total. The van der Waals surface area contributed by atoms with Crippen LogP contribution in [0.1, 0.15) is 48.5 Å². The second-order valence-corrected chi connectivity index (χ2v) is 10.4. The Hall–Kier alpha value is -3.09. The van der Waals surface area contributed by atoms with Gasteiger partial charge in [-0.2, -0.15) is 0 Å². The first kappa shape index (κ1) is 24.6. The maximum absolute atomic E-state index is 13.9. The van der Waals surface area contributed by atoms with Gasteiger partial charge in [-0.1, -0.05) is 25.5 Å². The fraction of sp³-hybridized carbons (Fsp3) is 0.300. The molecule has 186 valence electrons. The lowest BCUT2D eigenvalue weighted by molar-refractivity contribution is 0.104. The lowest BCUT2D eigenvalue weighted by atomic mass is 9.97. The Balaban J connectivity index is 1.38. The van der Waals surface area contributed by atoms with Crippen LogP contribution in [0.5, 0.6) is 5.75 Å². The van der Waals surface area contributed by atoms with Gasteiger partial charge in [0, 0.05) is 32.1 Å². The standard InChI is InChI=1S/C30H29F2NO2S/c1-2-3-16-33-17-4-5-24(33)19-35-25-13-8-20(9-14-25)29(34)28-26-15-12-23(32)18-27(26)36-30(28)21-6-10-22(31)11-7-21/h6-15,18,24H,2-5,16-17,19H2,1H3. The van der Waals surface area contributed by atoms with Crippen LogP contribution in [0, 0.1) is 11.6 Å². The molecule has 1 aromatic heterocycles. The van der Waals surface area contributed by atoms with E-state index in [1.807, 2.05) is 12.1 Å². The number of carbonyl (C=O) groups excluding carboxylic acids is 1. The highest BCUT2D eigenvalue weighted by molar-refractivity contribution is 7.22. The Morgan fingerprint density at radius 2 is 1.78 bits per heavy atom. The number of unbranched alkanes of at least 4 members (excludes halogenated alkanes) is 1. The van der Waals surface area contributed by atoms with Gasteiger partial charge in [-0.15, -0.1) is 11.3 Å². The van der Waals surface area contributed by atoms with E-state index >= 15 is 0 Å². The van der Waals surface area contributed by atoms with Gasteiger partial charge >= 0.3 is 0 Å². The Morgan fingerprint density at radius 3 is 2.53 bits per heavy atom. The van der Waals surface area contributed by atoms with Gasteiger partial charge in [0.1, 0.15) is 24.0 Å². The molecule has 4 aromatic rings. The van der Waals surface area contributed by atoms with Crippen LogP contribution in [-0.4, -0.2) is 36.4 Å². The van der Waals surface area contributed by atoms with E-state index in [0.717, 1.165) is 30.8 Å². The van der Waals surface area contributed by atoms with Gasteiger partial charge in [0.2, 0.25) is 0 Å². The molecule has 1 aliphatic heterocycles. The summed E-state index contributed by atoms with van der Waals surface area (Å²) < 4.78 is 34.2. The van der Waals surface area contributed by atoms with Crippen molar-refractivity contribution in [3.8, 4) is 16.2 Å². The van der Waals surface area contributed by atoms with Crippen molar-refractivity contribution in [3.63, 3.8) is 0 Å². The molecule has 1 atom stereocenters. The van der Waals surface area contributed by atoms with Crippen molar-refractivity contribution >= 4 is 27.2 Å². The van der Waals surface area contributed by atoms with E-state index in [-0.39, 0.29) is 17.4 Å². The molecular formula is C30H29F2NO2S. The van der Waals surface area contributed by atoms with E-state index in [2.05, 4.69) is 11.8 Å². The molecule has 0 amide bonds. The maximum atomic E-state index is 13.9. The van der Waals surface area contributed by atoms with Crippen molar-refractivity contribution in [2.24, 2.45) is 0 Å². The lowest BCUT2D eigenvalue weighted by Gasteiger charge is -2.24. The zero-order chi connectivity index (χ0) is 25.1. The fourth-order valence-electron chi connectivity index (χ4n) is 4.88. The van der Waals surface area contributed by atoms with E-state index in [1.165, 1.54) is 54.9 Å². The Morgan fingerprint density at radius 1 is 1.03 bits per heavy atom. The van der Waals surface area contributed by atoms with Crippen molar-refractivity contribution in [2.45, 2.75) is 38.6 Å². The number of fused-ring (bicyclic) bond motifs is 1. The van der Waals surface area contributed by atoms with Crippen LogP contribution in [0.2, 0.25) is 0 Å². The zero-order valence-electron chi connectivity index (χ0n) is 20.3. The highest BCUT2D eigenvalue weighted by atomic mass is 32.1. The second-order valence-electron chi connectivity index (χ2n) is 9.30. The Bertz CT molecular complexity index is 1350. The highest BCUT2D eigenvalue weighted by Crippen LogP contribution is 2.40. The molecule has 5 rings (SSSR count). The number of halogens is 2. The maximum Gasteiger partial charge on any atom is 0.195 e. The number of hydrogen-bond donors (Lipinski definition) is 0. The van der Waals surface area contributed by atoms with Crippen LogP contribution in [0.15, 0.2) is 66.7 Å². The number of thiophene rings is 1. The van der Waals surface area contributed by atoms with E-state index in [0.29, 0.717) is 38.7 Å². The van der Waals surface area contributed by atoms with E-state index in [4.69, 9.17) is 4.74 Å². The van der Waals surface area contributed by atoms with Crippen LogP contribution < -0.4 is 4.74 Å². The molecule has 0 radical (unpaired) electrons. The molecule has 36 heavy (non-hydrogen) atoms. The summed E-state index contributed by atoms with van der Waals surface area (Å²) in [5, 5.41) is 0.694. The number of likely N-dealkylation sites (tertiary alicyclic amines) is 1. The van der Waals surface area contributed by atoms with E-state index in [9.17, 15) is 13.6 Å². The van der Waals surface area contributed by atoms with Gasteiger partial charge in [-0.25, -0.2) is 8.78 Å². The number of benzene rings is 3. The van der Waals surface area contributed by atoms with Crippen molar-refractivity contribution in [1.82, 2.24) is 4.90 Å². The van der Waals surface area contributed by atoms with Crippen molar-refractivity contribution in [3.05, 3.63) is 89.5 Å². The molecule has 2 heterocycles. The lowest BCUT2D eigenvalue weighted by Crippen LogP contribution is -2.34. The largest absolute Gasteiger partial charge is 0.492 e. The number of ether oxygens (including phenoxy) is 1. The molecule has 3 nitrogen and oxygen atoms in total. The number of rotatable bonds is 9. The number of hydrogen-bond acceptors (Lipinski definition) is 4. The summed E-state index contributed by atoms with van der Waals surface area (Å²) in [5.41, 5.74) is 1.76. The molecule has 1 saturated heterocycles. The average Bonchev–Trinajstić information content (AvgIpc) is 3.50. The molecular weight excluding hydrogens is 476 g/mol. The van der Waals surface area contributed by atoms with E-state index in [1.54, 1.807) is 30.3 Å². The first-order valence-corrected chi connectivity index (χ1v) is 13.3. The molecule has 0 bridgehead atoms.